The van der Waals surface area contributed by atoms with E-state index in [1.807, 2.05) is 0 Å². The van der Waals surface area contributed by atoms with Crippen molar-refractivity contribution < 1.29 is 38.8 Å². The molecule has 0 heterocycles. The minimum absolute atomic E-state index is 0.106. The zero-order chi connectivity index (χ0) is 17.0. The maximum Gasteiger partial charge on any atom is 0.339 e. The number of carbonyl (C=O) groups excluding carboxylic acids is 3. The Balaban J connectivity index is 4.90. The van der Waals surface area contributed by atoms with Crippen molar-refractivity contribution in [2.24, 2.45) is 0 Å². The molecule has 0 rings (SSSR count). The van der Waals surface area contributed by atoms with Gasteiger partial charge in [0, 0.05) is 0 Å². The van der Waals surface area contributed by atoms with Crippen LogP contribution in [-0.2, 0) is 28.6 Å². The molecule has 0 bridgehead atoms. The molecule has 0 aromatic heterocycles. The molecule has 22 heavy (non-hydrogen) atoms. The van der Waals surface area contributed by atoms with Crippen molar-refractivity contribution in [3.8, 4) is 0 Å². The molecular weight excluding hydrogens is 296 g/mol. The van der Waals surface area contributed by atoms with E-state index in [9.17, 15) is 19.5 Å². The maximum absolute atomic E-state index is 11.8. The molecule has 1 atom stereocenters. The van der Waals surface area contributed by atoms with E-state index in [2.05, 4.69) is 27.4 Å². The highest BCUT2D eigenvalue weighted by atomic mass is 16.6. The second kappa shape index (κ2) is 10.5. The Bertz CT molecular complexity index is 417. The Labute approximate surface area is 128 Å². The van der Waals surface area contributed by atoms with E-state index in [0.29, 0.717) is 0 Å². The molecule has 0 aromatic rings. The number of aliphatic hydroxyl groups is 2. The predicted molar refractivity (Wildman–Crippen MR) is 74.5 cm³/mol. The van der Waals surface area contributed by atoms with Crippen LogP contribution in [0.4, 0.5) is 0 Å². The molecule has 0 aliphatic rings. The van der Waals surface area contributed by atoms with Crippen LogP contribution >= 0.6 is 0 Å². The molecule has 8 nitrogen and oxygen atoms in total. The first-order valence-corrected chi connectivity index (χ1v) is 6.43. The molecule has 8 heteroatoms. The van der Waals surface area contributed by atoms with Crippen LogP contribution in [0.1, 0.15) is 12.8 Å². The lowest BCUT2D eigenvalue weighted by atomic mass is 9.95. The molecule has 0 saturated carbocycles. The maximum atomic E-state index is 11.8. The summed E-state index contributed by atoms with van der Waals surface area (Å²) < 4.78 is 13.9. The van der Waals surface area contributed by atoms with E-state index in [-0.39, 0.29) is 19.8 Å². The molecule has 0 amide bonds. The van der Waals surface area contributed by atoms with E-state index >= 15 is 0 Å². The Morgan fingerprint density at radius 2 is 1.45 bits per heavy atom. The van der Waals surface area contributed by atoms with Crippen LogP contribution in [0.5, 0.6) is 0 Å². The van der Waals surface area contributed by atoms with Crippen molar-refractivity contribution in [2.75, 3.05) is 26.4 Å². The number of carbonyl (C=O) groups is 3. The normalized spacial score (nSPS) is 12.6. The summed E-state index contributed by atoms with van der Waals surface area (Å²) in [6.07, 6.45) is 0.970. The van der Waals surface area contributed by atoms with E-state index < -0.39 is 43.0 Å². The fraction of sp³-hybridized carbons (Fsp3) is 0.500. The van der Waals surface area contributed by atoms with Gasteiger partial charge < -0.3 is 24.4 Å². The fourth-order valence-corrected chi connectivity index (χ4v) is 1.37. The molecule has 0 fully saturated rings. The fourth-order valence-electron chi connectivity index (χ4n) is 1.37. The second-order valence-electron chi connectivity index (χ2n) is 4.19. The van der Waals surface area contributed by atoms with Gasteiger partial charge in [-0.2, -0.15) is 0 Å². The minimum atomic E-state index is -2.42. The Kier molecular flexibility index (Phi) is 9.48. The van der Waals surface area contributed by atoms with Crippen molar-refractivity contribution >= 4 is 17.9 Å². The van der Waals surface area contributed by atoms with Crippen LogP contribution in [0.15, 0.2) is 25.3 Å². The summed E-state index contributed by atoms with van der Waals surface area (Å²) in [4.78, 5) is 34.9. The van der Waals surface area contributed by atoms with Gasteiger partial charge in [0.25, 0.3) is 0 Å². The number of hydrogen-bond donors (Lipinski definition) is 2. The van der Waals surface area contributed by atoms with Gasteiger partial charge in [-0.25, -0.2) is 4.79 Å². The Morgan fingerprint density at radius 1 is 0.955 bits per heavy atom. The number of hydrogen-bond acceptors (Lipinski definition) is 8. The number of rotatable bonds is 11. The number of ether oxygens (including phenoxy) is 3. The highest BCUT2D eigenvalue weighted by Crippen LogP contribution is 2.20. The van der Waals surface area contributed by atoms with Crippen LogP contribution < -0.4 is 0 Å². The van der Waals surface area contributed by atoms with Gasteiger partial charge in [0.1, 0.15) is 19.8 Å². The molecule has 0 radical (unpaired) electrons. The predicted octanol–water partition coefficient (Wildman–Crippen LogP) is -0.508. The monoisotopic (exact) mass is 316 g/mol. The molecule has 0 aromatic carbocycles. The summed E-state index contributed by atoms with van der Waals surface area (Å²) in [6.45, 7) is 5.67. The van der Waals surface area contributed by atoms with Crippen molar-refractivity contribution in [1.82, 2.24) is 0 Å². The van der Waals surface area contributed by atoms with Crippen molar-refractivity contribution in [3.63, 3.8) is 0 Å². The Morgan fingerprint density at radius 3 is 1.95 bits per heavy atom. The van der Waals surface area contributed by atoms with Crippen molar-refractivity contribution in [1.29, 1.82) is 0 Å². The summed E-state index contributed by atoms with van der Waals surface area (Å²) in [5.74, 6) is -3.06. The molecule has 0 aliphatic carbocycles. The summed E-state index contributed by atoms with van der Waals surface area (Å²) in [5, 5.41) is 18.8. The molecule has 124 valence electrons. The van der Waals surface area contributed by atoms with Gasteiger partial charge >= 0.3 is 17.9 Å². The first-order chi connectivity index (χ1) is 10.4. The highest BCUT2D eigenvalue weighted by molar-refractivity contribution is 5.90. The third kappa shape index (κ3) is 7.55. The zero-order valence-electron chi connectivity index (χ0n) is 12.2. The standard InChI is InChI=1S/C14H20O8/c1-3-6-20-11(16)9-14(19,13(18)22-7-4-2)10-12(17)21-8-5-15/h3-4,15,19H,1-2,5-10H2. The van der Waals surface area contributed by atoms with Crippen LogP contribution in [-0.4, -0.2) is 60.1 Å². The molecule has 0 aliphatic heterocycles. The van der Waals surface area contributed by atoms with Crippen LogP contribution in [0.3, 0.4) is 0 Å². The van der Waals surface area contributed by atoms with Crippen molar-refractivity contribution in [3.05, 3.63) is 25.3 Å². The number of aliphatic hydroxyl groups excluding tert-OH is 1. The van der Waals surface area contributed by atoms with Gasteiger partial charge in [-0.05, 0) is 0 Å². The Hall–Kier alpha value is -2.19. The van der Waals surface area contributed by atoms with Gasteiger partial charge in [0.2, 0.25) is 0 Å². The highest BCUT2D eigenvalue weighted by Gasteiger charge is 2.43. The van der Waals surface area contributed by atoms with E-state index in [1.54, 1.807) is 0 Å². The average Bonchev–Trinajstić information content (AvgIpc) is 2.48. The van der Waals surface area contributed by atoms with Gasteiger partial charge in [-0.1, -0.05) is 25.3 Å². The van der Waals surface area contributed by atoms with Crippen molar-refractivity contribution in [2.45, 2.75) is 18.4 Å². The first kappa shape index (κ1) is 19.8. The summed E-state index contributed by atoms with van der Waals surface area (Å²) in [5.41, 5.74) is -2.42. The third-order valence-corrected chi connectivity index (χ3v) is 2.30. The number of esters is 3. The molecule has 1 unspecified atom stereocenters. The van der Waals surface area contributed by atoms with Gasteiger partial charge in [0.05, 0.1) is 19.4 Å². The topological polar surface area (TPSA) is 119 Å². The average molecular weight is 316 g/mol. The van der Waals surface area contributed by atoms with E-state index in [1.165, 1.54) is 12.2 Å². The van der Waals surface area contributed by atoms with Crippen LogP contribution in [0.2, 0.25) is 0 Å². The van der Waals surface area contributed by atoms with Gasteiger partial charge in [-0.3, -0.25) is 9.59 Å². The molecule has 0 spiro atoms. The summed E-state index contributed by atoms with van der Waals surface area (Å²) in [6, 6.07) is 0. The van der Waals surface area contributed by atoms with E-state index in [4.69, 9.17) is 5.11 Å². The second-order valence-corrected chi connectivity index (χ2v) is 4.19. The van der Waals surface area contributed by atoms with Gasteiger partial charge in [0.15, 0.2) is 5.60 Å². The summed E-state index contributed by atoms with van der Waals surface area (Å²) >= 11 is 0. The lowest BCUT2D eigenvalue weighted by Crippen LogP contribution is -2.45. The lowest BCUT2D eigenvalue weighted by molar-refractivity contribution is -0.177. The quantitative estimate of drug-likeness (QED) is 0.297. The molecule has 0 saturated heterocycles. The van der Waals surface area contributed by atoms with Crippen LogP contribution in [0.25, 0.3) is 0 Å². The summed E-state index contributed by atoms with van der Waals surface area (Å²) in [7, 11) is 0. The largest absolute Gasteiger partial charge is 0.463 e. The lowest BCUT2D eigenvalue weighted by Gasteiger charge is -2.23. The third-order valence-electron chi connectivity index (χ3n) is 2.30. The minimum Gasteiger partial charge on any atom is -0.463 e. The SMILES string of the molecule is C=CCOC(=O)CC(O)(CC(=O)OCCO)C(=O)OCC=C. The first-order valence-electron chi connectivity index (χ1n) is 6.43. The zero-order valence-corrected chi connectivity index (χ0v) is 12.2. The van der Waals surface area contributed by atoms with Gasteiger partial charge in [-0.15, -0.1) is 0 Å². The smallest absolute Gasteiger partial charge is 0.339 e. The van der Waals surface area contributed by atoms with E-state index in [0.717, 1.165) is 0 Å². The van der Waals surface area contributed by atoms with Crippen LogP contribution in [0, 0.1) is 0 Å². The molecule has 2 N–H and O–H groups in total. The molecular formula is C14H20O8.